The zero-order chi connectivity index (χ0) is 49.8. The van der Waals surface area contributed by atoms with E-state index in [-0.39, 0.29) is 35.7 Å². The molecule has 20 heteroatoms. The van der Waals surface area contributed by atoms with Gasteiger partial charge in [-0.1, -0.05) is 33.8 Å². The summed E-state index contributed by atoms with van der Waals surface area (Å²) >= 11 is 1.56. The van der Waals surface area contributed by atoms with Crippen molar-refractivity contribution in [3.63, 3.8) is 0 Å². The third kappa shape index (κ3) is 8.78. The van der Waals surface area contributed by atoms with E-state index in [1.807, 2.05) is 75.4 Å². The van der Waals surface area contributed by atoms with Crippen LogP contribution in [0.1, 0.15) is 93.8 Å². The fraction of sp³-hybridized carbons (Fsp3) is 0.412. The van der Waals surface area contributed by atoms with Gasteiger partial charge in [-0.2, -0.15) is 5.10 Å². The number of likely N-dealkylation sites (tertiary alicyclic amines) is 2. The number of carbonyl (C=O) groups excluding carboxylic acids is 4. The predicted molar refractivity (Wildman–Crippen MR) is 266 cm³/mol. The van der Waals surface area contributed by atoms with Crippen molar-refractivity contribution in [2.75, 3.05) is 27.3 Å². The Labute approximate surface area is 414 Å². The zero-order valence-electron chi connectivity index (χ0n) is 41.0. The van der Waals surface area contributed by atoms with E-state index in [1.165, 1.54) is 14.2 Å². The highest BCUT2D eigenvalue weighted by molar-refractivity contribution is 7.15. The molecule has 0 saturated carbocycles. The number of nitrogens with zero attached hydrogens (tertiary/aromatic N) is 8. The Hall–Kier alpha value is -7.48. The van der Waals surface area contributed by atoms with E-state index in [0.29, 0.717) is 30.5 Å². The number of fused-ring (bicyclic) bond motifs is 5. The molecule has 1 unspecified atom stereocenters. The van der Waals surface area contributed by atoms with Crippen LogP contribution in [0.4, 0.5) is 9.59 Å². The summed E-state index contributed by atoms with van der Waals surface area (Å²) in [7, 11) is 4.46. The van der Waals surface area contributed by atoms with Gasteiger partial charge in [0.25, 0.3) is 0 Å². The molecule has 71 heavy (non-hydrogen) atoms. The fourth-order valence-electron chi connectivity index (χ4n) is 10.3. The van der Waals surface area contributed by atoms with Crippen LogP contribution in [0.15, 0.2) is 67.4 Å². The molecule has 0 radical (unpaired) electrons. The first-order valence-corrected chi connectivity index (χ1v) is 24.8. The summed E-state index contributed by atoms with van der Waals surface area (Å²) in [6.45, 7) is 10.8. The van der Waals surface area contributed by atoms with Gasteiger partial charge in [-0.25, -0.2) is 24.5 Å². The Morgan fingerprint density at radius 1 is 0.761 bits per heavy atom. The minimum absolute atomic E-state index is 0.141. The number of carbonyl (C=O) groups is 4. The average Bonchev–Trinajstić information content (AvgIpc) is 4.22. The number of benzene rings is 2. The summed E-state index contributed by atoms with van der Waals surface area (Å²) in [5, 5.41) is 11.7. The maximum absolute atomic E-state index is 13.9. The lowest BCUT2D eigenvalue weighted by molar-refractivity contribution is -0.136. The molecule has 0 spiro atoms. The number of H-pyrrole nitrogens is 2. The number of amides is 4. The van der Waals surface area contributed by atoms with Crippen molar-refractivity contribution in [3.8, 4) is 50.1 Å². The van der Waals surface area contributed by atoms with Crippen LogP contribution in [-0.2, 0) is 26.1 Å². The first-order chi connectivity index (χ1) is 34.2. The van der Waals surface area contributed by atoms with Crippen LogP contribution < -0.4 is 15.4 Å². The van der Waals surface area contributed by atoms with Gasteiger partial charge >= 0.3 is 12.2 Å². The van der Waals surface area contributed by atoms with Crippen LogP contribution in [-0.4, -0.2) is 112 Å². The van der Waals surface area contributed by atoms with Gasteiger partial charge in [-0.3, -0.25) is 18.8 Å². The Morgan fingerprint density at radius 3 is 1.93 bits per heavy atom. The number of rotatable bonds is 12. The van der Waals surface area contributed by atoms with Crippen LogP contribution in [0.25, 0.3) is 55.2 Å². The highest BCUT2D eigenvalue weighted by atomic mass is 32.1. The molecule has 4 N–H and O–H groups in total. The van der Waals surface area contributed by atoms with E-state index in [4.69, 9.17) is 29.2 Å². The standard InChI is InChI=1S/C51H58N12O7S/c1-26(2)42(58-50(66)68-7)47(64)61-15-9-11-36(61)44-52-22-33(56-44)29-13-14-35-31(18-29)19-38-41-28(5)17-30(20-39(41)70-49(63(35)38)40-24-54-46(71-40)32-21-55-60(6)25-32)34-23-53-45(57-34)37-12-10-16-62(37)48(65)43(27(3)4)59-51(67)69-8/h13-14,17-27,36-37,42-43,49H,9-12,15-16H2,1-8H3,(H,52,56)(H,53,57)(H,58,66)(H,59,67)/t36-,37-,42-,43-,49?/m0/s1. The van der Waals surface area contributed by atoms with E-state index in [9.17, 15) is 19.2 Å². The fourth-order valence-corrected chi connectivity index (χ4v) is 11.2. The van der Waals surface area contributed by atoms with Crippen molar-refractivity contribution in [2.45, 2.75) is 90.7 Å². The second-order valence-electron chi connectivity index (χ2n) is 19.2. The summed E-state index contributed by atoms with van der Waals surface area (Å²) in [5.41, 5.74) is 8.25. The minimum Gasteiger partial charge on any atom is -0.464 e. The average molecular weight is 983 g/mol. The lowest BCUT2D eigenvalue weighted by Crippen LogP contribution is -2.51. The molecule has 4 amide bonds. The Bertz CT molecular complexity index is 3160. The van der Waals surface area contributed by atoms with Crippen molar-refractivity contribution in [1.82, 2.24) is 59.7 Å². The molecule has 7 aromatic rings. The third-order valence-electron chi connectivity index (χ3n) is 13.9. The van der Waals surface area contributed by atoms with Crippen LogP contribution >= 0.6 is 11.3 Å². The summed E-state index contributed by atoms with van der Waals surface area (Å²) in [6, 6.07) is 10.7. The molecule has 2 saturated heterocycles. The van der Waals surface area contributed by atoms with Gasteiger partial charge in [-0.15, -0.1) is 11.3 Å². The largest absolute Gasteiger partial charge is 0.464 e. The number of aryl methyl sites for hydroxylation is 2. The lowest BCUT2D eigenvalue weighted by Gasteiger charge is -2.30. The molecule has 10 rings (SSSR count). The summed E-state index contributed by atoms with van der Waals surface area (Å²) < 4.78 is 20.8. The topological polar surface area (TPSA) is 220 Å². The Morgan fingerprint density at radius 2 is 1.37 bits per heavy atom. The number of aromatic amines is 2. The van der Waals surface area contributed by atoms with E-state index in [1.54, 1.807) is 22.2 Å². The maximum Gasteiger partial charge on any atom is 0.407 e. The molecule has 5 atom stereocenters. The van der Waals surface area contributed by atoms with Crippen molar-refractivity contribution in [2.24, 2.45) is 18.9 Å². The molecule has 5 aromatic heterocycles. The van der Waals surface area contributed by atoms with Gasteiger partial charge in [0, 0.05) is 60.2 Å². The van der Waals surface area contributed by atoms with Crippen LogP contribution in [0.2, 0.25) is 0 Å². The number of ether oxygens (including phenoxy) is 3. The molecule has 370 valence electrons. The normalized spacial score (nSPS) is 18.4. The van der Waals surface area contributed by atoms with Gasteiger partial charge in [0.2, 0.25) is 18.0 Å². The molecule has 19 nitrogen and oxygen atoms in total. The molecule has 3 aliphatic heterocycles. The number of thiazole rings is 1. The molecule has 2 aromatic carbocycles. The van der Waals surface area contributed by atoms with Gasteiger partial charge in [0.05, 0.1) is 72.4 Å². The number of methoxy groups -OCH3 is 2. The number of imidazole rings is 2. The summed E-state index contributed by atoms with van der Waals surface area (Å²) in [6.07, 6.45) is 10.5. The molecular weight excluding hydrogens is 925 g/mol. The van der Waals surface area contributed by atoms with Crippen molar-refractivity contribution < 1.29 is 33.4 Å². The van der Waals surface area contributed by atoms with Crippen molar-refractivity contribution >= 4 is 46.2 Å². The molecule has 3 aliphatic rings. The van der Waals surface area contributed by atoms with Gasteiger partial charge in [-0.05, 0) is 80.3 Å². The van der Waals surface area contributed by atoms with Crippen LogP contribution in [0, 0.1) is 18.8 Å². The van der Waals surface area contributed by atoms with E-state index in [0.717, 1.165) is 91.4 Å². The van der Waals surface area contributed by atoms with Gasteiger partial charge in [0.1, 0.15) is 34.5 Å². The molecule has 0 aliphatic carbocycles. The quantitative estimate of drug-likeness (QED) is 0.0913. The highest BCUT2D eigenvalue weighted by Crippen LogP contribution is 2.49. The predicted octanol–water partition coefficient (Wildman–Crippen LogP) is 8.28. The first-order valence-electron chi connectivity index (χ1n) is 24.0. The van der Waals surface area contributed by atoms with Crippen LogP contribution in [0.3, 0.4) is 0 Å². The Kier molecular flexibility index (Phi) is 12.7. The van der Waals surface area contributed by atoms with Crippen molar-refractivity contribution in [3.05, 3.63) is 89.5 Å². The number of hydrogen-bond acceptors (Lipinski definition) is 12. The number of hydrogen-bond donors (Lipinski definition) is 4. The van der Waals surface area contributed by atoms with E-state index < -0.39 is 30.5 Å². The molecular formula is C51H58N12O7S. The summed E-state index contributed by atoms with van der Waals surface area (Å²) in [5.74, 6) is 1.45. The molecule has 2 fully saturated rings. The zero-order valence-corrected chi connectivity index (χ0v) is 41.8. The summed E-state index contributed by atoms with van der Waals surface area (Å²) in [4.78, 5) is 78.2. The van der Waals surface area contributed by atoms with Crippen molar-refractivity contribution in [1.29, 1.82) is 0 Å². The number of alkyl carbamates (subject to hydrolysis) is 2. The highest BCUT2D eigenvalue weighted by Gasteiger charge is 2.40. The number of nitrogens with one attached hydrogen (secondary N) is 4. The van der Waals surface area contributed by atoms with E-state index in [2.05, 4.69) is 67.5 Å². The second kappa shape index (κ2) is 19.0. The molecule has 0 bridgehead atoms. The first kappa shape index (κ1) is 47.2. The Balaban J connectivity index is 0.983. The smallest absolute Gasteiger partial charge is 0.407 e. The lowest BCUT2D eigenvalue weighted by atomic mass is 9.98. The SMILES string of the molecule is COC(=O)N[C@H](C(=O)N1CCC[C@H]1c1ncc(-c2cc(C)c3c(c2)OC(c2cnc(-c4cnn(C)c4)s2)n2c-3cc3cc(-c4cnc([C@@H]5CCCN5C(=O)[C@@H](NC(=O)OC)C(C)C)[nH]4)ccc32)[nH]1)C(C)C. The maximum atomic E-state index is 13.9. The van der Waals surface area contributed by atoms with Gasteiger partial charge < -0.3 is 44.6 Å². The van der Waals surface area contributed by atoms with E-state index >= 15 is 0 Å². The van der Waals surface area contributed by atoms with Crippen LogP contribution in [0.5, 0.6) is 5.75 Å². The number of aromatic nitrogens is 8. The molecule has 8 heterocycles. The minimum atomic E-state index is -0.736. The van der Waals surface area contributed by atoms with Gasteiger partial charge in [0.15, 0.2) is 0 Å². The second-order valence-corrected chi connectivity index (χ2v) is 20.3. The monoisotopic (exact) mass is 982 g/mol. The third-order valence-corrected chi connectivity index (χ3v) is 15.0.